The molecule has 1 aromatic heterocycles. The number of rotatable bonds is 5. The largest absolute Gasteiger partial charge is 0.354 e. The van der Waals surface area contributed by atoms with Crippen LogP contribution in [0.2, 0.25) is 0 Å². The zero-order chi connectivity index (χ0) is 22.4. The van der Waals surface area contributed by atoms with Crippen LogP contribution in [0.1, 0.15) is 41.0 Å². The van der Waals surface area contributed by atoms with Gasteiger partial charge in [-0.25, -0.2) is 9.37 Å². The maximum Gasteiger partial charge on any atom is 0.136 e. The van der Waals surface area contributed by atoms with Crippen LogP contribution in [0.5, 0.6) is 0 Å². The van der Waals surface area contributed by atoms with Crippen LogP contribution >= 0.6 is 0 Å². The van der Waals surface area contributed by atoms with Crippen molar-refractivity contribution in [1.29, 1.82) is 5.41 Å². The van der Waals surface area contributed by atoms with E-state index in [1.807, 2.05) is 45.2 Å². The van der Waals surface area contributed by atoms with Crippen LogP contribution in [0, 0.1) is 11.2 Å². The fourth-order valence-electron chi connectivity index (χ4n) is 3.10. The second-order valence-corrected chi connectivity index (χ2v) is 6.86. The fraction of sp³-hybridized carbons (Fsp3) is 0.440. The third-order valence-electron chi connectivity index (χ3n) is 4.58. The standard InChI is InChI=1S/C20H23FN4.C3H8.C2H6/c1-2-16(14-22)15-24-10-12-25(13-11-24)20-19(4-3-9-23-20)17-5-7-18(21)8-6-17;1-3-2;1-2/h2-9,14,22H,10-13,15H2,1H3;3H2,1-2H3;1-2H3/b16-2+,22-14?;;. The third kappa shape index (κ3) is 7.71. The maximum atomic E-state index is 13.2. The molecule has 2 heterocycles. The molecule has 1 fully saturated rings. The zero-order valence-corrected chi connectivity index (χ0v) is 19.2. The molecule has 1 saturated heterocycles. The summed E-state index contributed by atoms with van der Waals surface area (Å²) in [7, 11) is 0. The number of hydrogen-bond acceptors (Lipinski definition) is 4. The number of nitrogens with zero attached hydrogens (tertiary/aromatic N) is 3. The van der Waals surface area contributed by atoms with Gasteiger partial charge in [0.2, 0.25) is 0 Å². The monoisotopic (exact) mass is 412 g/mol. The Bertz CT molecular complexity index is 763. The van der Waals surface area contributed by atoms with E-state index in [1.165, 1.54) is 24.8 Å². The van der Waals surface area contributed by atoms with E-state index >= 15 is 0 Å². The van der Waals surface area contributed by atoms with Crippen molar-refractivity contribution in [2.45, 2.75) is 41.0 Å². The molecule has 1 aliphatic rings. The fourth-order valence-corrected chi connectivity index (χ4v) is 3.10. The van der Waals surface area contributed by atoms with E-state index in [0.29, 0.717) is 0 Å². The Balaban J connectivity index is 0.000000826. The molecule has 0 amide bonds. The molecule has 30 heavy (non-hydrogen) atoms. The number of nitrogens with one attached hydrogen (secondary N) is 1. The lowest BCUT2D eigenvalue weighted by Gasteiger charge is -2.36. The van der Waals surface area contributed by atoms with E-state index in [2.05, 4.69) is 28.6 Å². The van der Waals surface area contributed by atoms with Gasteiger partial charge in [0, 0.05) is 50.7 Å². The molecule has 164 valence electrons. The molecule has 0 atom stereocenters. The van der Waals surface area contributed by atoms with Gasteiger partial charge in [0.05, 0.1) is 0 Å². The minimum atomic E-state index is -0.228. The first-order chi connectivity index (χ1) is 14.6. The molecule has 1 aromatic carbocycles. The molecular weight excluding hydrogens is 375 g/mol. The van der Waals surface area contributed by atoms with Gasteiger partial charge in [0.15, 0.2) is 0 Å². The van der Waals surface area contributed by atoms with Gasteiger partial charge >= 0.3 is 0 Å². The Morgan fingerprint density at radius 1 is 1.07 bits per heavy atom. The first-order valence-electron chi connectivity index (χ1n) is 11.0. The van der Waals surface area contributed by atoms with Crippen LogP contribution in [0.4, 0.5) is 10.2 Å². The summed E-state index contributed by atoms with van der Waals surface area (Å²) in [6.45, 7) is 14.7. The van der Waals surface area contributed by atoms with Crippen molar-refractivity contribution in [1.82, 2.24) is 9.88 Å². The molecule has 0 radical (unpaired) electrons. The molecule has 3 rings (SSSR count). The van der Waals surface area contributed by atoms with Gasteiger partial charge in [-0.2, -0.15) is 0 Å². The summed E-state index contributed by atoms with van der Waals surface area (Å²) < 4.78 is 13.2. The molecule has 2 aromatic rings. The summed E-state index contributed by atoms with van der Waals surface area (Å²) in [6, 6.07) is 10.5. The van der Waals surface area contributed by atoms with Gasteiger partial charge in [0.1, 0.15) is 11.6 Å². The normalized spacial score (nSPS) is 14.2. The highest BCUT2D eigenvalue weighted by Crippen LogP contribution is 2.29. The van der Waals surface area contributed by atoms with Crippen molar-refractivity contribution in [3.63, 3.8) is 0 Å². The molecule has 0 aliphatic carbocycles. The number of pyridine rings is 1. The molecule has 0 spiro atoms. The number of anilines is 1. The SMILES string of the molecule is C/C=C(\C=N)CN1CCN(c2ncccc2-c2ccc(F)cc2)CC1.CC.CCC. The minimum absolute atomic E-state index is 0.228. The van der Waals surface area contributed by atoms with Gasteiger partial charge in [-0.1, -0.05) is 52.3 Å². The first kappa shape index (κ1) is 25.5. The van der Waals surface area contributed by atoms with E-state index in [1.54, 1.807) is 12.1 Å². The average molecular weight is 413 g/mol. The number of piperazine rings is 1. The second kappa shape index (κ2) is 14.5. The van der Waals surface area contributed by atoms with E-state index in [0.717, 1.165) is 55.2 Å². The first-order valence-corrected chi connectivity index (χ1v) is 11.0. The Hall–Kier alpha value is -2.53. The Kier molecular flexibility index (Phi) is 12.3. The molecule has 0 bridgehead atoms. The van der Waals surface area contributed by atoms with Crippen molar-refractivity contribution < 1.29 is 4.39 Å². The van der Waals surface area contributed by atoms with Crippen LogP contribution in [-0.4, -0.2) is 48.8 Å². The quantitative estimate of drug-likeness (QED) is 0.608. The molecule has 0 saturated carbocycles. The van der Waals surface area contributed by atoms with Crippen molar-refractivity contribution in [2.24, 2.45) is 0 Å². The summed E-state index contributed by atoms with van der Waals surface area (Å²) >= 11 is 0. The molecular formula is C25H37FN4. The predicted molar refractivity (Wildman–Crippen MR) is 128 cm³/mol. The summed E-state index contributed by atoms with van der Waals surface area (Å²) in [5, 5.41) is 7.42. The van der Waals surface area contributed by atoms with Crippen LogP contribution < -0.4 is 4.90 Å². The van der Waals surface area contributed by atoms with E-state index < -0.39 is 0 Å². The third-order valence-corrected chi connectivity index (χ3v) is 4.58. The van der Waals surface area contributed by atoms with Crippen LogP contribution in [0.25, 0.3) is 11.1 Å². The number of aromatic nitrogens is 1. The number of benzene rings is 1. The van der Waals surface area contributed by atoms with Crippen molar-refractivity contribution >= 4 is 12.0 Å². The number of allylic oxidation sites excluding steroid dienone is 1. The van der Waals surface area contributed by atoms with E-state index in [9.17, 15) is 4.39 Å². The zero-order valence-electron chi connectivity index (χ0n) is 19.2. The van der Waals surface area contributed by atoms with Crippen molar-refractivity contribution in [2.75, 3.05) is 37.6 Å². The second-order valence-electron chi connectivity index (χ2n) is 6.86. The minimum Gasteiger partial charge on any atom is -0.354 e. The molecule has 1 N–H and O–H groups in total. The highest BCUT2D eigenvalue weighted by molar-refractivity contribution is 5.76. The van der Waals surface area contributed by atoms with Crippen molar-refractivity contribution in [3.8, 4) is 11.1 Å². The van der Waals surface area contributed by atoms with Crippen LogP contribution in [0.3, 0.4) is 0 Å². The highest BCUT2D eigenvalue weighted by Gasteiger charge is 2.20. The molecule has 4 nitrogen and oxygen atoms in total. The highest BCUT2D eigenvalue weighted by atomic mass is 19.1. The van der Waals surface area contributed by atoms with Gasteiger partial charge in [-0.3, -0.25) is 4.90 Å². The smallest absolute Gasteiger partial charge is 0.136 e. The van der Waals surface area contributed by atoms with Gasteiger partial charge in [-0.15, -0.1) is 0 Å². The number of hydrogen-bond donors (Lipinski definition) is 1. The van der Waals surface area contributed by atoms with Crippen LogP contribution in [-0.2, 0) is 0 Å². The topological polar surface area (TPSA) is 43.2 Å². The maximum absolute atomic E-state index is 13.2. The van der Waals surface area contributed by atoms with Gasteiger partial charge < -0.3 is 10.3 Å². The molecule has 5 heteroatoms. The molecule has 1 aliphatic heterocycles. The Morgan fingerprint density at radius 3 is 2.20 bits per heavy atom. The van der Waals surface area contributed by atoms with Crippen molar-refractivity contribution in [3.05, 3.63) is 60.1 Å². The summed E-state index contributed by atoms with van der Waals surface area (Å²) in [6.07, 6.45) is 6.48. The summed E-state index contributed by atoms with van der Waals surface area (Å²) in [5.74, 6) is 0.723. The lowest BCUT2D eigenvalue weighted by Crippen LogP contribution is -2.47. The molecule has 0 unspecified atom stereocenters. The predicted octanol–water partition coefficient (Wildman–Crippen LogP) is 6.05. The Labute approximate surface area is 182 Å². The van der Waals surface area contributed by atoms with E-state index in [4.69, 9.17) is 5.41 Å². The summed E-state index contributed by atoms with van der Waals surface area (Å²) in [4.78, 5) is 9.23. The number of halogens is 1. The lowest BCUT2D eigenvalue weighted by molar-refractivity contribution is 0.280. The average Bonchev–Trinajstić information content (AvgIpc) is 2.80. The van der Waals surface area contributed by atoms with Gasteiger partial charge in [0.25, 0.3) is 0 Å². The lowest BCUT2D eigenvalue weighted by atomic mass is 10.1. The van der Waals surface area contributed by atoms with Gasteiger partial charge in [-0.05, 0) is 42.3 Å². The summed E-state index contributed by atoms with van der Waals surface area (Å²) in [5.41, 5.74) is 3.05. The van der Waals surface area contributed by atoms with E-state index in [-0.39, 0.29) is 5.82 Å². The Morgan fingerprint density at radius 2 is 1.67 bits per heavy atom. The van der Waals surface area contributed by atoms with Crippen LogP contribution in [0.15, 0.2) is 54.2 Å².